The lowest BCUT2D eigenvalue weighted by Crippen LogP contribution is -2.41. The summed E-state index contributed by atoms with van der Waals surface area (Å²) in [4.78, 5) is 26.2. The van der Waals surface area contributed by atoms with Crippen LogP contribution in [-0.4, -0.2) is 49.8 Å². The van der Waals surface area contributed by atoms with E-state index in [0.29, 0.717) is 28.5 Å². The minimum atomic E-state index is -1.98. The largest absolute Gasteiger partial charge is 0.352 e. The van der Waals surface area contributed by atoms with E-state index in [2.05, 4.69) is 30.5 Å². The molecule has 23 heavy (non-hydrogen) atoms. The molecule has 3 aromatic rings. The van der Waals surface area contributed by atoms with Crippen LogP contribution < -0.4 is 10.2 Å². The molecule has 3 aromatic heterocycles. The molecule has 0 aliphatic carbocycles. The highest BCUT2D eigenvalue weighted by molar-refractivity contribution is 7.13. The van der Waals surface area contributed by atoms with E-state index in [1.807, 2.05) is 0 Å². The van der Waals surface area contributed by atoms with Crippen molar-refractivity contribution in [2.24, 2.45) is 0 Å². The molecular formula is C13H12FN7OS. The van der Waals surface area contributed by atoms with E-state index in [9.17, 15) is 4.79 Å². The molecule has 4 rings (SSSR count). The topological polar surface area (TPSA) is 99.7 Å². The zero-order valence-electron chi connectivity index (χ0n) is 11.9. The van der Waals surface area contributed by atoms with Crippen molar-refractivity contribution in [2.75, 3.05) is 23.3 Å². The molecule has 2 N–H and O–H groups in total. The summed E-state index contributed by atoms with van der Waals surface area (Å²) in [5.41, 5.74) is -1.40. The predicted octanol–water partition coefficient (Wildman–Crippen LogP) is 1.37. The molecule has 1 unspecified atom stereocenters. The zero-order chi connectivity index (χ0) is 15.9. The molecule has 1 amide bonds. The van der Waals surface area contributed by atoms with Gasteiger partial charge in [0.15, 0.2) is 10.8 Å². The van der Waals surface area contributed by atoms with Gasteiger partial charge >= 0.3 is 0 Å². The lowest BCUT2D eigenvalue weighted by Gasteiger charge is -2.20. The molecule has 10 heteroatoms. The van der Waals surface area contributed by atoms with Gasteiger partial charge in [0.25, 0.3) is 5.91 Å². The molecule has 1 atom stereocenters. The van der Waals surface area contributed by atoms with E-state index >= 15 is 4.39 Å². The Morgan fingerprint density at radius 3 is 3.17 bits per heavy atom. The van der Waals surface area contributed by atoms with E-state index in [1.165, 1.54) is 17.7 Å². The number of hydrogen-bond acceptors (Lipinski definition) is 7. The highest BCUT2D eigenvalue weighted by Crippen LogP contribution is 2.32. The molecule has 0 aromatic carbocycles. The van der Waals surface area contributed by atoms with Crippen LogP contribution in [0.4, 0.5) is 15.3 Å². The number of carbonyl (C=O) groups is 1. The number of anilines is 2. The van der Waals surface area contributed by atoms with Crippen molar-refractivity contribution in [3.8, 4) is 0 Å². The second-order valence-electron chi connectivity index (χ2n) is 5.26. The molecular weight excluding hydrogens is 321 g/mol. The van der Waals surface area contributed by atoms with Gasteiger partial charge in [-0.05, 0) is 0 Å². The van der Waals surface area contributed by atoms with Crippen LogP contribution >= 0.6 is 11.3 Å². The molecule has 0 bridgehead atoms. The third kappa shape index (κ3) is 2.40. The highest BCUT2D eigenvalue weighted by atomic mass is 32.1. The smallest absolute Gasteiger partial charge is 0.265 e. The van der Waals surface area contributed by atoms with Gasteiger partial charge < -0.3 is 4.90 Å². The highest BCUT2D eigenvalue weighted by Gasteiger charge is 2.46. The van der Waals surface area contributed by atoms with E-state index in [4.69, 9.17) is 0 Å². The minimum Gasteiger partial charge on any atom is -0.352 e. The third-order valence-electron chi connectivity index (χ3n) is 3.81. The lowest BCUT2D eigenvalue weighted by atomic mass is 10.1. The molecule has 1 saturated heterocycles. The number of alkyl halides is 1. The van der Waals surface area contributed by atoms with Gasteiger partial charge in [0.05, 0.1) is 18.1 Å². The molecule has 0 radical (unpaired) electrons. The number of aromatic amines is 1. The molecule has 1 aliphatic heterocycles. The van der Waals surface area contributed by atoms with Crippen LogP contribution in [-0.2, 0) is 4.79 Å². The van der Waals surface area contributed by atoms with E-state index in [0.717, 1.165) is 0 Å². The van der Waals surface area contributed by atoms with Crippen molar-refractivity contribution in [1.82, 2.24) is 25.1 Å². The summed E-state index contributed by atoms with van der Waals surface area (Å²) >= 11 is 1.25. The maximum Gasteiger partial charge on any atom is 0.265 e. The normalized spacial score (nSPS) is 21.0. The van der Waals surface area contributed by atoms with Crippen molar-refractivity contribution in [1.29, 1.82) is 0 Å². The van der Waals surface area contributed by atoms with Gasteiger partial charge in [-0.1, -0.05) is 0 Å². The number of fused-ring (bicyclic) bond motifs is 1. The monoisotopic (exact) mass is 333 g/mol. The SMILES string of the molecule is O=C(Nc1nccs1)C1(F)CCN(c2ncnc3[nH]ncc23)C1. The maximum absolute atomic E-state index is 15.0. The molecule has 118 valence electrons. The number of hydrogen-bond donors (Lipinski definition) is 2. The summed E-state index contributed by atoms with van der Waals surface area (Å²) in [6.07, 6.45) is 4.64. The first-order valence-electron chi connectivity index (χ1n) is 6.95. The molecule has 0 spiro atoms. The number of carbonyl (C=O) groups excluding carboxylic acids is 1. The Bertz CT molecular complexity index is 851. The number of aromatic nitrogens is 5. The van der Waals surface area contributed by atoms with Crippen LogP contribution in [0.1, 0.15) is 6.42 Å². The van der Waals surface area contributed by atoms with Crippen LogP contribution in [0.5, 0.6) is 0 Å². The third-order valence-corrected chi connectivity index (χ3v) is 4.49. The van der Waals surface area contributed by atoms with Crippen LogP contribution in [0.25, 0.3) is 11.0 Å². The van der Waals surface area contributed by atoms with Gasteiger partial charge in [-0.3, -0.25) is 15.2 Å². The number of nitrogens with zero attached hydrogens (tertiary/aromatic N) is 5. The van der Waals surface area contributed by atoms with Crippen molar-refractivity contribution in [3.05, 3.63) is 24.1 Å². The number of thiazole rings is 1. The van der Waals surface area contributed by atoms with E-state index < -0.39 is 11.6 Å². The van der Waals surface area contributed by atoms with Crippen LogP contribution in [0.2, 0.25) is 0 Å². The Morgan fingerprint density at radius 2 is 2.35 bits per heavy atom. The van der Waals surface area contributed by atoms with E-state index in [1.54, 1.807) is 22.7 Å². The number of halogens is 1. The first-order chi connectivity index (χ1) is 11.2. The molecule has 0 saturated carbocycles. The Balaban J connectivity index is 1.56. The quantitative estimate of drug-likeness (QED) is 0.751. The standard InChI is InChI=1S/C13H12FN7OS/c14-13(11(22)19-12-15-2-4-23-12)1-3-21(6-13)10-8-5-18-20-9(8)16-7-17-10/h2,4-5,7H,1,3,6H2,(H,15,19,22)(H,16,17,18,20). The second-order valence-corrected chi connectivity index (χ2v) is 6.15. The fraction of sp³-hybridized carbons (Fsp3) is 0.308. The average Bonchev–Trinajstić information content (AvgIpc) is 3.26. The van der Waals surface area contributed by atoms with Crippen LogP contribution in [0, 0.1) is 0 Å². The van der Waals surface area contributed by atoms with Gasteiger partial charge in [-0.15, -0.1) is 11.3 Å². The van der Waals surface area contributed by atoms with Crippen molar-refractivity contribution in [3.63, 3.8) is 0 Å². The average molecular weight is 333 g/mol. The summed E-state index contributed by atoms with van der Waals surface area (Å²) in [5.74, 6) is -0.0993. The van der Waals surface area contributed by atoms with E-state index in [-0.39, 0.29) is 13.0 Å². The number of amides is 1. The van der Waals surface area contributed by atoms with Gasteiger partial charge in [-0.2, -0.15) is 5.10 Å². The first kappa shape index (κ1) is 14.0. The predicted molar refractivity (Wildman–Crippen MR) is 83.1 cm³/mol. The van der Waals surface area contributed by atoms with Crippen molar-refractivity contribution < 1.29 is 9.18 Å². The maximum atomic E-state index is 15.0. The van der Waals surface area contributed by atoms with Crippen molar-refractivity contribution >= 4 is 39.2 Å². The van der Waals surface area contributed by atoms with Gasteiger partial charge in [-0.25, -0.2) is 19.3 Å². The Kier molecular flexibility index (Phi) is 3.18. The zero-order valence-corrected chi connectivity index (χ0v) is 12.7. The second kappa shape index (κ2) is 5.23. The fourth-order valence-corrected chi connectivity index (χ4v) is 3.16. The number of nitrogens with one attached hydrogen (secondary N) is 2. The summed E-state index contributed by atoms with van der Waals surface area (Å²) in [6.45, 7) is 0.320. The summed E-state index contributed by atoms with van der Waals surface area (Å²) in [5, 5.41) is 12.0. The van der Waals surface area contributed by atoms with Crippen LogP contribution in [0.3, 0.4) is 0 Å². The molecule has 1 aliphatic rings. The fourth-order valence-electron chi connectivity index (χ4n) is 2.64. The Labute approximate surface area is 133 Å². The molecule has 8 nitrogen and oxygen atoms in total. The summed E-state index contributed by atoms with van der Waals surface area (Å²) < 4.78 is 15.0. The van der Waals surface area contributed by atoms with Gasteiger partial charge in [0.2, 0.25) is 5.67 Å². The van der Waals surface area contributed by atoms with Crippen LogP contribution in [0.15, 0.2) is 24.1 Å². The van der Waals surface area contributed by atoms with Gasteiger partial charge in [0.1, 0.15) is 12.1 Å². The lowest BCUT2D eigenvalue weighted by molar-refractivity contribution is -0.126. The van der Waals surface area contributed by atoms with Crippen molar-refractivity contribution in [2.45, 2.75) is 12.1 Å². The number of H-pyrrole nitrogens is 1. The summed E-state index contributed by atoms with van der Waals surface area (Å²) in [6, 6.07) is 0. The number of rotatable bonds is 3. The van der Waals surface area contributed by atoms with Gasteiger partial charge in [0, 0.05) is 24.5 Å². The first-order valence-corrected chi connectivity index (χ1v) is 7.82. The Morgan fingerprint density at radius 1 is 1.43 bits per heavy atom. The Hall–Kier alpha value is -2.62. The minimum absolute atomic E-state index is 0.0680. The summed E-state index contributed by atoms with van der Waals surface area (Å²) in [7, 11) is 0. The molecule has 1 fully saturated rings. The molecule has 4 heterocycles.